The normalized spacial score (nSPS) is 20.4. The Labute approximate surface area is 127 Å². The minimum absolute atomic E-state index is 0.0367. The van der Waals surface area contributed by atoms with Gasteiger partial charge in [-0.3, -0.25) is 0 Å². The van der Waals surface area contributed by atoms with Crippen LogP contribution in [0.3, 0.4) is 0 Å². The van der Waals surface area contributed by atoms with Gasteiger partial charge in [0.05, 0.1) is 0 Å². The summed E-state index contributed by atoms with van der Waals surface area (Å²) in [4.78, 5) is 0. The average Bonchev–Trinajstić information content (AvgIpc) is 2.49. The molecule has 1 saturated carbocycles. The summed E-state index contributed by atoms with van der Waals surface area (Å²) in [6, 6.07) is 8.87. The maximum Gasteiger partial charge on any atom is 0.248 e. The molecular formula is C18H27F2N. The zero-order valence-corrected chi connectivity index (χ0v) is 13.2. The van der Waals surface area contributed by atoms with E-state index in [1.807, 2.05) is 0 Å². The number of aryl methyl sites for hydroxylation is 1. The van der Waals surface area contributed by atoms with Crippen molar-refractivity contribution in [3.63, 3.8) is 0 Å². The number of benzene rings is 1. The van der Waals surface area contributed by atoms with Crippen molar-refractivity contribution < 1.29 is 8.78 Å². The first-order chi connectivity index (χ1) is 10.1. The van der Waals surface area contributed by atoms with Gasteiger partial charge in [-0.2, -0.15) is 0 Å². The van der Waals surface area contributed by atoms with E-state index in [2.05, 4.69) is 43.4 Å². The molecule has 0 amide bonds. The molecule has 0 spiro atoms. The van der Waals surface area contributed by atoms with Crippen LogP contribution in [0.25, 0.3) is 0 Å². The Bertz CT molecular complexity index is 417. The van der Waals surface area contributed by atoms with Gasteiger partial charge in [0.15, 0.2) is 0 Å². The molecule has 0 aliphatic heterocycles. The Hall–Kier alpha value is -0.960. The van der Waals surface area contributed by atoms with Crippen molar-refractivity contribution in [2.75, 3.05) is 6.54 Å². The van der Waals surface area contributed by atoms with Crippen molar-refractivity contribution in [1.29, 1.82) is 0 Å². The van der Waals surface area contributed by atoms with Gasteiger partial charge in [0.25, 0.3) is 0 Å². The van der Waals surface area contributed by atoms with E-state index in [4.69, 9.17) is 0 Å². The molecule has 0 saturated heterocycles. The molecule has 2 rings (SSSR count). The molecule has 118 valence electrons. The first kappa shape index (κ1) is 16.4. The Balaban J connectivity index is 2.09. The molecule has 1 nitrogen and oxygen atoms in total. The van der Waals surface area contributed by atoms with E-state index in [1.54, 1.807) is 0 Å². The highest BCUT2D eigenvalue weighted by Crippen LogP contribution is 2.41. The molecule has 1 aromatic rings. The van der Waals surface area contributed by atoms with Crippen molar-refractivity contribution in [1.82, 2.24) is 5.32 Å². The van der Waals surface area contributed by atoms with E-state index in [9.17, 15) is 8.78 Å². The van der Waals surface area contributed by atoms with Crippen LogP contribution in [0.5, 0.6) is 0 Å². The smallest absolute Gasteiger partial charge is 0.248 e. The van der Waals surface area contributed by atoms with Crippen LogP contribution < -0.4 is 5.32 Å². The summed E-state index contributed by atoms with van der Waals surface area (Å²) in [5, 5.41) is 3.58. The number of alkyl halides is 2. The molecule has 1 aliphatic rings. The molecule has 0 radical (unpaired) electrons. The minimum Gasteiger partial charge on any atom is -0.310 e. The minimum atomic E-state index is -2.45. The Morgan fingerprint density at radius 3 is 2.29 bits per heavy atom. The van der Waals surface area contributed by atoms with E-state index in [-0.39, 0.29) is 18.9 Å². The lowest BCUT2D eigenvalue weighted by Gasteiger charge is -2.34. The van der Waals surface area contributed by atoms with Gasteiger partial charge < -0.3 is 5.32 Å². The second kappa shape index (κ2) is 7.35. The van der Waals surface area contributed by atoms with Crippen LogP contribution in [0, 0.1) is 5.92 Å². The van der Waals surface area contributed by atoms with Crippen LogP contribution in [-0.2, 0) is 6.42 Å². The second-order valence-corrected chi connectivity index (χ2v) is 6.22. The van der Waals surface area contributed by atoms with Gasteiger partial charge >= 0.3 is 0 Å². The quantitative estimate of drug-likeness (QED) is 0.768. The topological polar surface area (TPSA) is 12.0 Å². The Morgan fingerprint density at radius 2 is 1.76 bits per heavy atom. The van der Waals surface area contributed by atoms with Gasteiger partial charge in [-0.25, -0.2) is 8.78 Å². The highest BCUT2D eigenvalue weighted by Gasteiger charge is 2.37. The van der Waals surface area contributed by atoms with Crippen LogP contribution in [0.1, 0.15) is 63.1 Å². The van der Waals surface area contributed by atoms with Crippen molar-refractivity contribution in [2.24, 2.45) is 5.92 Å². The fourth-order valence-corrected chi connectivity index (χ4v) is 3.21. The largest absolute Gasteiger partial charge is 0.310 e. The monoisotopic (exact) mass is 295 g/mol. The number of halogens is 2. The van der Waals surface area contributed by atoms with Gasteiger partial charge in [-0.15, -0.1) is 0 Å². The summed E-state index contributed by atoms with van der Waals surface area (Å²) in [6.45, 7) is 5.22. The summed E-state index contributed by atoms with van der Waals surface area (Å²) < 4.78 is 26.7. The van der Waals surface area contributed by atoms with Crippen molar-refractivity contribution in [2.45, 2.75) is 64.3 Å². The molecule has 0 heterocycles. The highest BCUT2D eigenvalue weighted by atomic mass is 19.3. The predicted octanol–water partition coefficient (Wildman–Crippen LogP) is 5.12. The van der Waals surface area contributed by atoms with Gasteiger partial charge in [0.1, 0.15) is 0 Å². The lowest BCUT2D eigenvalue weighted by molar-refractivity contribution is -0.0497. The average molecular weight is 295 g/mol. The molecular weight excluding hydrogens is 268 g/mol. The maximum atomic E-state index is 13.4. The van der Waals surface area contributed by atoms with E-state index < -0.39 is 5.92 Å². The molecule has 1 unspecified atom stereocenters. The van der Waals surface area contributed by atoms with Gasteiger partial charge in [-0.1, -0.05) is 38.1 Å². The number of rotatable bonds is 6. The molecule has 1 N–H and O–H groups in total. The van der Waals surface area contributed by atoms with Crippen LogP contribution in [0.4, 0.5) is 8.78 Å². The van der Waals surface area contributed by atoms with Gasteiger partial charge in [0.2, 0.25) is 5.92 Å². The van der Waals surface area contributed by atoms with Crippen LogP contribution >= 0.6 is 0 Å². The summed E-state index contributed by atoms with van der Waals surface area (Å²) >= 11 is 0. The van der Waals surface area contributed by atoms with Crippen LogP contribution in [0.2, 0.25) is 0 Å². The lowest BCUT2D eigenvalue weighted by atomic mass is 9.79. The molecule has 1 aromatic carbocycles. The van der Waals surface area contributed by atoms with Crippen molar-refractivity contribution in [3.05, 3.63) is 35.4 Å². The van der Waals surface area contributed by atoms with E-state index >= 15 is 0 Å². The predicted molar refractivity (Wildman–Crippen MR) is 83.8 cm³/mol. The third-order valence-electron chi connectivity index (χ3n) is 4.59. The lowest BCUT2D eigenvalue weighted by Crippen LogP contribution is -2.34. The van der Waals surface area contributed by atoms with Crippen LogP contribution in [-0.4, -0.2) is 12.5 Å². The Morgan fingerprint density at radius 1 is 1.14 bits per heavy atom. The summed E-state index contributed by atoms with van der Waals surface area (Å²) in [6.07, 6.45) is 3.40. The zero-order valence-electron chi connectivity index (χ0n) is 13.2. The summed E-state index contributed by atoms with van der Waals surface area (Å²) in [7, 11) is 0. The van der Waals surface area contributed by atoms with Gasteiger partial charge in [-0.05, 0) is 49.3 Å². The molecule has 1 fully saturated rings. The molecule has 3 heteroatoms. The van der Waals surface area contributed by atoms with Gasteiger partial charge in [0, 0.05) is 18.9 Å². The summed E-state index contributed by atoms with van der Waals surface area (Å²) in [5.41, 5.74) is 2.57. The highest BCUT2D eigenvalue weighted by molar-refractivity contribution is 5.25. The molecule has 1 aliphatic carbocycles. The third kappa shape index (κ3) is 4.50. The van der Waals surface area contributed by atoms with E-state index in [1.165, 1.54) is 11.1 Å². The van der Waals surface area contributed by atoms with E-state index in [0.29, 0.717) is 18.8 Å². The van der Waals surface area contributed by atoms with E-state index in [0.717, 1.165) is 19.4 Å². The van der Waals surface area contributed by atoms with Crippen molar-refractivity contribution >= 4 is 0 Å². The number of nitrogens with one attached hydrogen (secondary N) is 1. The molecule has 0 bridgehead atoms. The fraction of sp³-hybridized carbons (Fsp3) is 0.667. The number of hydrogen-bond donors (Lipinski definition) is 1. The zero-order chi connectivity index (χ0) is 15.3. The van der Waals surface area contributed by atoms with Crippen molar-refractivity contribution in [3.8, 4) is 0 Å². The second-order valence-electron chi connectivity index (χ2n) is 6.22. The first-order valence-corrected chi connectivity index (χ1v) is 8.25. The third-order valence-corrected chi connectivity index (χ3v) is 4.59. The molecule has 1 atom stereocenters. The fourth-order valence-electron chi connectivity index (χ4n) is 3.21. The maximum absolute atomic E-state index is 13.4. The Kier molecular flexibility index (Phi) is 5.74. The summed E-state index contributed by atoms with van der Waals surface area (Å²) in [5.74, 6) is -2.12. The first-order valence-electron chi connectivity index (χ1n) is 8.25. The number of hydrogen-bond acceptors (Lipinski definition) is 1. The molecule has 21 heavy (non-hydrogen) atoms. The SMILES string of the molecule is CCCNC(c1ccc(CC)cc1)C1CCC(F)(F)CC1. The molecule has 0 aromatic heterocycles. The standard InChI is InChI=1S/C18H27F2N/c1-3-13-21-17(15-7-5-14(4-2)6-8-15)16-9-11-18(19,20)12-10-16/h5-8,16-17,21H,3-4,9-13H2,1-2H3. The van der Waals surface area contributed by atoms with Crippen LogP contribution in [0.15, 0.2) is 24.3 Å².